The standard InChI is InChI=1S/C70H142N16O8.8ClH/c1-3-5-7-9-11-13-15-17-19-43-63(87)85(55-35-51-81-69(93)61(83-67(91)59(77)39-23-29-47-73)41-25-31-49-79-65(89)57(75)37-21-27-45-71)53-33-34-54-86(64(88)44-20-18-16-14-12-10-8-6-4-2)56-36-52-82-70(94)62(84-68(92)60(78)40-24-30-48-74)42-26-32-50-80-66(90)58(76)38-22-28-46-72;;;;;;;;/h57-62H,3-56,71-78H2,1-2H3,(H,79,89)(H,80,90)(H,81,93)(H,82,94)(H,83,91)(H,84,92);8*1H/t57-,58-,59-,60-,61-,62-;;;;;;;;/m0......../s1. The third kappa shape index (κ3) is 67.1. The Balaban J connectivity index is -0.00000154. The van der Waals surface area contributed by atoms with E-state index in [-0.39, 0.29) is 148 Å². The summed E-state index contributed by atoms with van der Waals surface area (Å²) in [6.45, 7) is 9.58. The van der Waals surface area contributed by atoms with Gasteiger partial charge in [0.05, 0.1) is 24.2 Å². The molecule has 0 spiro atoms. The third-order valence-electron chi connectivity index (χ3n) is 17.5. The van der Waals surface area contributed by atoms with E-state index in [1.165, 1.54) is 64.2 Å². The van der Waals surface area contributed by atoms with Crippen LogP contribution in [0.4, 0.5) is 0 Å². The summed E-state index contributed by atoms with van der Waals surface area (Å²) in [7, 11) is 0. The number of carbonyl (C=O) groups is 8. The summed E-state index contributed by atoms with van der Waals surface area (Å²) in [5.41, 5.74) is 47.2. The first kappa shape index (κ1) is 118. The Kier molecular flexibility index (Phi) is 97.7. The molecule has 0 aliphatic rings. The Morgan fingerprint density at radius 3 is 0.784 bits per heavy atom. The van der Waals surface area contributed by atoms with Gasteiger partial charge in [-0.2, -0.15) is 0 Å². The van der Waals surface area contributed by atoms with Crippen molar-refractivity contribution in [2.24, 2.45) is 45.9 Å². The fourth-order valence-corrected chi connectivity index (χ4v) is 11.3. The van der Waals surface area contributed by atoms with Crippen molar-refractivity contribution in [1.29, 1.82) is 0 Å². The number of hydrogen-bond acceptors (Lipinski definition) is 16. The molecule has 22 N–H and O–H groups in total. The van der Waals surface area contributed by atoms with Gasteiger partial charge < -0.3 is 87.6 Å². The second kappa shape index (κ2) is 84.4. The van der Waals surface area contributed by atoms with E-state index >= 15 is 0 Å². The molecule has 0 saturated heterocycles. The number of carbonyl (C=O) groups excluding carboxylic acids is 8. The predicted octanol–water partition coefficient (Wildman–Crippen LogP) is 9.02. The average molecular weight is 1630 g/mol. The van der Waals surface area contributed by atoms with Gasteiger partial charge in [-0.1, -0.05) is 142 Å². The fourth-order valence-electron chi connectivity index (χ4n) is 11.3. The lowest BCUT2D eigenvalue weighted by molar-refractivity contribution is -0.133. The summed E-state index contributed by atoms with van der Waals surface area (Å²) < 4.78 is 0. The lowest BCUT2D eigenvalue weighted by Gasteiger charge is -2.26. The molecule has 0 rings (SSSR count). The largest absolute Gasteiger partial charge is 0.355 e. The fraction of sp³-hybridized carbons (Fsp3) is 0.886. The van der Waals surface area contributed by atoms with Crippen molar-refractivity contribution < 1.29 is 38.4 Å². The lowest BCUT2D eigenvalue weighted by atomic mass is 10.1. The van der Waals surface area contributed by atoms with Crippen molar-refractivity contribution in [2.75, 3.05) is 78.5 Å². The van der Waals surface area contributed by atoms with Crippen LogP contribution >= 0.6 is 99.3 Å². The monoisotopic (exact) mass is 1620 g/mol. The maximum absolute atomic E-state index is 14.0. The van der Waals surface area contributed by atoms with Crippen molar-refractivity contribution >= 4 is 147 Å². The molecule has 24 nitrogen and oxygen atoms in total. The zero-order valence-electron chi connectivity index (χ0n) is 62.7. The second-order valence-electron chi connectivity index (χ2n) is 26.2. The van der Waals surface area contributed by atoms with Crippen LogP contribution < -0.4 is 77.8 Å². The number of rotatable bonds is 67. The molecule has 102 heavy (non-hydrogen) atoms. The molecule has 0 aliphatic heterocycles. The molecular weight excluding hydrogens is 1480 g/mol. The van der Waals surface area contributed by atoms with Gasteiger partial charge in [-0.05, 0) is 155 Å². The number of hydrogen-bond donors (Lipinski definition) is 14. The Labute approximate surface area is 666 Å². The molecule has 0 aliphatic carbocycles. The molecule has 0 fully saturated rings. The van der Waals surface area contributed by atoms with E-state index in [0.717, 1.165) is 89.9 Å². The molecule has 0 radical (unpaired) electrons. The topological polar surface area (TPSA) is 423 Å². The number of nitrogens with two attached hydrogens (primary N) is 8. The molecule has 0 aromatic rings. The van der Waals surface area contributed by atoms with Gasteiger partial charge in [0.1, 0.15) is 12.1 Å². The summed E-state index contributed by atoms with van der Waals surface area (Å²) in [5.74, 6) is -1.87. The molecule has 32 heteroatoms. The summed E-state index contributed by atoms with van der Waals surface area (Å²) in [4.78, 5) is 111. The zero-order chi connectivity index (χ0) is 69.7. The molecule has 0 unspecified atom stereocenters. The van der Waals surface area contributed by atoms with Crippen LogP contribution in [0.2, 0.25) is 0 Å². The van der Waals surface area contributed by atoms with Crippen molar-refractivity contribution in [1.82, 2.24) is 41.7 Å². The smallest absolute Gasteiger partial charge is 0.242 e. The molecule has 614 valence electrons. The van der Waals surface area contributed by atoms with Crippen LogP contribution in [0, 0.1) is 0 Å². The van der Waals surface area contributed by atoms with E-state index < -0.39 is 48.1 Å². The molecule has 0 heterocycles. The average Bonchev–Trinajstić information content (AvgIpc) is 0.937. The van der Waals surface area contributed by atoms with Crippen LogP contribution in [0.5, 0.6) is 0 Å². The summed E-state index contributed by atoms with van der Waals surface area (Å²) in [5, 5.41) is 17.5. The Hall–Kier alpha value is -2.24. The van der Waals surface area contributed by atoms with Gasteiger partial charge in [0.15, 0.2) is 0 Å². The van der Waals surface area contributed by atoms with Crippen LogP contribution in [0.3, 0.4) is 0 Å². The lowest BCUT2D eigenvalue weighted by Crippen LogP contribution is -2.52. The van der Waals surface area contributed by atoms with Gasteiger partial charge in [0.25, 0.3) is 0 Å². The van der Waals surface area contributed by atoms with Crippen molar-refractivity contribution in [3.63, 3.8) is 0 Å². The highest BCUT2D eigenvalue weighted by Gasteiger charge is 2.26. The van der Waals surface area contributed by atoms with Crippen molar-refractivity contribution in [2.45, 2.75) is 320 Å². The van der Waals surface area contributed by atoms with E-state index in [4.69, 9.17) is 45.9 Å². The second-order valence-corrected chi connectivity index (χ2v) is 26.2. The maximum atomic E-state index is 14.0. The van der Waals surface area contributed by atoms with Gasteiger partial charge >= 0.3 is 0 Å². The van der Waals surface area contributed by atoms with E-state index in [1.54, 1.807) is 0 Å². The van der Waals surface area contributed by atoms with Crippen molar-refractivity contribution in [3.05, 3.63) is 0 Å². The highest BCUT2D eigenvalue weighted by Crippen LogP contribution is 2.16. The van der Waals surface area contributed by atoms with Gasteiger partial charge in [0, 0.05) is 65.2 Å². The number of nitrogens with zero attached hydrogens (tertiary/aromatic N) is 2. The number of amides is 8. The molecule has 8 amide bonds. The Bertz CT molecular complexity index is 1840. The van der Waals surface area contributed by atoms with Gasteiger partial charge in [0.2, 0.25) is 47.3 Å². The van der Waals surface area contributed by atoms with Crippen LogP contribution in [0.1, 0.15) is 284 Å². The van der Waals surface area contributed by atoms with Crippen LogP contribution in [-0.2, 0) is 38.4 Å². The van der Waals surface area contributed by atoms with Crippen molar-refractivity contribution in [3.8, 4) is 0 Å². The molecule has 0 aromatic carbocycles. The van der Waals surface area contributed by atoms with E-state index in [9.17, 15) is 38.4 Å². The first-order valence-corrected chi connectivity index (χ1v) is 37.6. The maximum Gasteiger partial charge on any atom is 0.242 e. The quantitative estimate of drug-likeness (QED) is 0.0252. The minimum atomic E-state index is -0.856. The minimum Gasteiger partial charge on any atom is -0.355 e. The van der Waals surface area contributed by atoms with Gasteiger partial charge in [-0.3, -0.25) is 38.4 Å². The first-order valence-electron chi connectivity index (χ1n) is 37.6. The third-order valence-corrected chi connectivity index (χ3v) is 17.5. The molecule has 0 bridgehead atoms. The zero-order valence-corrected chi connectivity index (χ0v) is 69.2. The summed E-state index contributed by atoms with van der Waals surface area (Å²) in [6.07, 6.45) is 34.3. The SMILES string of the molecule is CCCCCCCCCCCC(=O)N(CCCCN(CCCNC(=O)[C@H](CCCCNC(=O)[C@@H](N)CCCCN)NC(=O)[C@@H](N)CCCCN)C(=O)CCCCCCCCCCC)CCCNC(=O)[C@H](CCCCNC(=O)[C@@H](N)CCCCN)NC(=O)[C@@H](N)CCCCN.Cl.Cl.Cl.Cl.Cl.Cl.Cl.Cl. The predicted molar refractivity (Wildman–Crippen MR) is 440 cm³/mol. The van der Waals surface area contributed by atoms with Crippen LogP contribution in [0.25, 0.3) is 0 Å². The highest BCUT2D eigenvalue weighted by molar-refractivity contribution is 5.91. The molecule has 0 aromatic heterocycles. The normalized spacial score (nSPS) is 12.2. The molecule has 0 saturated carbocycles. The van der Waals surface area contributed by atoms with Gasteiger partial charge in [-0.15, -0.1) is 99.3 Å². The number of unbranched alkanes of at least 4 members (excludes halogenated alkanes) is 23. The summed E-state index contributed by atoms with van der Waals surface area (Å²) in [6, 6.07) is -4.55. The number of nitrogens with one attached hydrogen (secondary N) is 6. The minimum absolute atomic E-state index is 0. The summed E-state index contributed by atoms with van der Waals surface area (Å²) >= 11 is 0. The van der Waals surface area contributed by atoms with Gasteiger partial charge in [-0.25, -0.2) is 0 Å². The van der Waals surface area contributed by atoms with Crippen LogP contribution in [0.15, 0.2) is 0 Å². The Morgan fingerprint density at radius 2 is 0.500 bits per heavy atom. The Morgan fingerprint density at radius 1 is 0.265 bits per heavy atom. The van der Waals surface area contributed by atoms with Crippen LogP contribution in [-0.4, -0.2) is 172 Å². The molecular formula is C70H150Cl8N16O8. The van der Waals surface area contributed by atoms with E-state index in [2.05, 4.69) is 45.7 Å². The highest BCUT2D eigenvalue weighted by atomic mass is 35.5. The number of halogens is 8. The first-order chi connectivity index (χ1) is 45.5. The van der Waals surface area contributed by atoms with E-state index in [0.29, 0.717) is 181 Å². The van der Waals surface area contributed by atoms with E-state index in [1.807, 2.05) is 9.80 Å². The molecule has 6 atom stereocenters.